The lowest BCUT2D eigenvalue weighted by Crippen LogP contribution is -2.37. The Labute approximate surface area is 118 Å². The van der Waals surface area contributed by atoms with E-state index in [0.717, 1.165) is 38.1 Å². The van der Waals surface area contributed by atoms with Crippen molar-refractivity contribution in [1.82, 2.24) is 5.32 Å². The van der Waals surface area contributed by atoms with Gasteiger partial charge in [0.25, 0.3) is 0 Å². The summed E-state index contributed by atoms with van der Waals surface area (Å²) in [6.45, 7) is 3.01. The largest absolute Gasteiger partial charge is 0.353 e. The molecule has 1 aliphatic rings. The molecular weight excluding hydrogens is 236 g/mol. The van der Waals surface area contributed by atoms with Crippen molar-refractivity contribution >= 4 is 5.91 Å². The number of hydrogen-bond acceptors (Lipinski definition) is 2. The summed E-state index contributed by atoms with van der Waals surface area (Å²) >= 11 is 0. The highest BCUT2D eigenvalue weighted by atomic mass is 16.1. The van der Waals surface area contributed by atoms with E-state index in [2.05, 4.69) is 12.2 Å². The first-order valence-corrected chi connectivity index (χ1v) is 8.27. The van der Waals surface area contributed by atoms with Crippen LogP contribution in [-0.4, -0.2) is 18.5 Å². The van der Waals surface area contributed by atoms with Crippen molar-refractivity contribution in [2.45, 2.75) is 83.6 Å². The van der Waals surface area contributed by atoms with Gasteiger partial charge in [0, 0.05) is 12.5 Å². The molecule has 1 saturated carbocycles. The molecule has 1 aliphatic carbocycles. The number of nitrogens with two attached hydrogens (primary N) is 1. The molecule has 1 amide bonds. The highest BCUT2D eigenvalue weighted by molar-refractivity contribution is 5.76. The van der Waals surface area contributed by atoms with Gasteiger partial charge in [-0.1, -0.05) is 39.0 Å². The van der Waals surface area contributed by atoms with E-state index in [9.17, 15) is 4.79 Å². The van der Waals surface area contributed by atoms with E-state index >= 15 is 0 Å². The monoisotopic (exact) mass is 268 g/mol. The van der Waals surface area contributed by atoms with Gasteiger partial charge in [0.1, 0.15) is 0 Å². The average molecular weight is 268 g/mol. The zero-order valence-electron chi connectivity index (χ0n) is 12.6. The van der Waals surface area contributed by atoms with Crippen LogP contribution in [0.5, 0.6) is 0 Å². The average Bonchev–Trinajstić information content (AvgIpc) is 2.83. The van der Waals surface area contributed by atoms with Gasteiger partial charge in [-0.3, -0.25) is 4.79 Å². The van der Waals surface area contributed by atoms with Crippen LogP contribution < -0.4 is 11.1 Å². The van der Waals surface area contributed by atoms with Crippen molar-refractivity contribution in [3.63, 3.8) is 0 Å². The fourth-order valence-electron chi connectivity index (χ4n) is 3.10. The SMILES string of the molecule is CCCCC1CCCC1NC(=O)CCCCCCN. The van der Waals surface area contributed by atoms with E-state index in [1.54, 1.807) is 0 Å². The lowest BCUT2D eigenvalue weighted by Gasteiger charge is -2.20. The number of amides is 1. The lowest BCUT2D eigenvalue weighted by atomic mass is 9.96. The number of rotatable bonds is 10. The molecule has 0 aromatic rings. The van der Waals surface area contributed by atoms with Crippen LogP contribution in [0.25, 0.3) is 0 Å². The fraction of sp³-hybridized carbons (Fsp3) is 0.938. The summed E-state index contributed by atoms with van der Waals surface area (Å²) < 4.78 is 0. The second-order valence-corrected chi connectivity index (χ2v) is 5.96. The van der Waals surface area contributed by atoms with Gasteiger partial charge in [0.05, 0.1) is 0 Å². The first-order chi connectivity index (χ1) is 9.27. The molecule has 112 valence electrons. The molecule has 2 unspecified atom stereocenters. The molecule has 0 saturated heterocycles. The van der Waals surface area contributed by atoms with Gasteiger partial charge < -0.3 is 11.1 Å². The summed E-state index contributed by atoms with van der Waals surface area (Å²) in [4.78, 5) is 11.9. The van der Waals surface area contributed by atoms with Gasteiger partial charge in [0.15, 0.2) is 0 Å². The van der Waals surface area contributed by atoms with Crippen LogP contribution in [0, 0.1) is 5.92 Å². The normalized spacial score (nSPS) is 22.6. The molecule has 3 heteroatoms. The summed E-state index contributed by atoms with van der Waals surface area (Å²) in [5.41, 5.74) is 5.46. The molecule has 3 N–H and O–H groups in total. The Hall–Kier alpha value is -0.570. The molecule has 19 heavy (non-hydrogen) atoms. The quantitative estimate of drug-likeness (QED) is 0.597. The predicted molar refractivity (Wildman–Crippen MR) is 80.9 cm³/mol. The molecule has 3 nitrogen and oxygen atoms in total. The predicted octanol–water partition coefficient (Wildman–Crippen LogP) is 3.37. The van der Waals surface area contributed by atoms with Crippen LogP contribution >= 0.6 is 0 Å². The van der Waals surface area contributed by atoms with E-state index in [1.165, 1.54) is 38.5 Å². The molecule has 1 fully saturated rings. The Morgan fingerprint density at radius 2 is 1.95 bits per heavy atom. The van der Waals surface area contributed by atoms with Gasteiger partial charge in [-0.2, -0.15) is 0 Å². The summed E-state index contributed by atoms with van der Waals surface area (Å²) in [7, 11) is 0. The van der Waals surface area contributed by atoms with Gasteiger partial charge in [-0.05, 0) is 44.6 Å². The van der Waals surface area contributed by atoms with Crippen molar-refractivity contribution in [1.29, 1.82) is 0 Å². The Bertz CT molecular complexity index is 243. The number of carbonyl (C=O) groups excluding carboxylic acids is 1. The lowest BCUT2D eigenvalue weighted by molar-refractivity contribution is -0.122. The molecule has 0 spiro atoms. The van der Waals surface area contributed by atoms with Crippen LogP contribution in [0.4, 0.5) is 0 Å². The molecule has 0 aliphatic heterocycles. The third-order valence-electron chi connectivity index (χ3n) is 4.29. The second-order valence-electron chi connectivity index (χ2n) is 5.96. The van der Waals surface area contributed by atoms with Crippen molar-refractivity contribution in [2.75, 3.05) is 6.54 Å². The van der Waals surface area contributed by atoms with Gasteiger partial charge in [-0.15, -0.1) is 0 Å². The van der Waals surface area contributed by atoms with E-state index < -0.39 is 0 Å². The summed E-state index contributed by atoms with van der Waals surface area (Å²) in [5, 5.41) is 3.27. The van der Waals surface area contributed by atoms with Gasteiger partial charge in [-0.25, -0.2) is 0 Å². The van der Waals surface area contributed by atoms with E-state index in [1.807, 2.05) is 0 Å². The maximum Gasteiger partial charge on any atom is 0.220 e. The Kier molecular flexibility index (Phi) is 8.89. The minimum Gasteiger partial charge on any atom is -0.353 e. The first-order valence-electron chi connectivity index (χ1n) is 8.27. The maximum absolute atomic E-state index is 11.9. The molecular formula is C16H32N2O. The second kappa shape index (κ2) is 10.2. The topological polar surface area (TPSA) is 55.1 Å². The molecule has 0 radical (unpaired) electrons. The zero-order chi connectivity index (χ0) is 13.9. The zero-order valence-corrected chi connectivity index (χ0v) is 12.6. The van der Waals surface area contributed by atoms with Crippen LogP contribution in [-0.2, 0) is 4.79 Å². The minimum absolute atomic E-state index is 0.265. The smallest absolute Gasteiger partial charge is 0.220 e. The number of carbonyl (C=O) groups is 1. The standard InChI is InChI=1S/C16H32N2O/c1-2-3-9-14-10-8-11-15(14)18-16(19)12-6-4-5-7-13-17/h14-15H,2-13,17H2,1H3,(H,18,19). The Morgan fingerprint density at radius 1 is 1.16 bits per heavy atom. The summed E-state index contributed by atoms with van der Waals surface area (Å²) in [6, 6.07) is 0.461. The molecule has 2 atom stereocenters. The third kappa shape index (κ3) is 6.95. The maximum atomic E-state index is 11.9. The molecule has 1 rings (SSSR count). The van der Waals surface area contributed by atoms with Crippen molar-refractivity contribution in [3.8, 4) is 0 Å². The summed E-state index contributed by atoms with van der Waals surface area (Å²) in [6.07, 6.45) is 12.7. The molecule has 0 heterocycles. The number of hydrogen-bond donors (Lipinski definition) is 2. The van der Waals surface area contributed by atoms with E-state index in [4.69, 9.17) is 5.73 Å². The van der Waals surface area contributed by atoms with E-state index in [-0.39, 0.29) is 5.91 Å². The minimum atomic E-state index is 0.265. The van der Waals surface area contributed by atoms with Crippen molar-refractivity contribution < 1.29 is 4.79 Å². The van der Waals surface area contributed by atoms with Crippen LogP contribution in [0.3, 0.4) is 0 Å². The first kappa shape index (κ1) is 16.5. The highest BCUT2D eigenvalue weighted by Crippen LogP contribution is 2.29. The van der Waals surface area contributed by atoms with Crippen molar-refractivity contribution in [3.05, 3.63) is 0 Å². The molecule has 0 aromatic heterocycles. The van der Waals surface area contributed by atoms with E-state index in [0.29, 0.717) is 12.5 Å². The van der Waals surface area contributed by atoms with Crippen LogP contribution in [0.1, 0.15) is 77.6 Å². The fourth-order valence-corrected chi connectivity index (χ4v) is 3.10. The third-order valence-corrected chi connectivity index (χ3v) is 4.29. The molecule has 0 bridgehead atoms. The van der Waals surface area contributed by atoms with Gasteiger partial charge in [0.2, 0.25) is 5.91 Å². The van der Waals surface area contributed by atoms with Gasteiger partial charge >= 0.3 is 0 Å². The van der Waals surface area contributed by atoms with Crippen LogP contribution in [0.2, 0.25) is 0 Å². The Balaban J connectivity index is 2.12. The molecule has 0 aromatic carbocycles. The number of nitrogens with one attached hydrogen (secondary N) is 1. The van der Waals surface area contributed by atoms with Crippen LogP contribution in [0.15, 0.2) is 0 Å². The van der Waals surface area contributed by atoms with Crippen molar-refractivity contribution in [2.24, 2.45) is 11.7 Å². The summed E-state index contributed by atoms with van der Waals surface area (Å²) in [5.74, 6) is 1.00. The Morgan fingerprint density at radius 3 is 2.68 bits per heavy atom. The highest BCUT2D eigenvalue weighted by Gasteiger charge is 2.27. The number of unbranched alkanes of at least 4 members (excludes halogenated alkanes) is 4.